The van der Waals surface area contributed by atoms with Crippen molar-refractivity contribution in [3.63, 3.8) is 0 Å². The first-order chi connectivity index (χ1) is 29.2. The molecule has 0 spiro atoms. The summed E-state index contributed by atoms with van der Waals surface area (Å²) in [6.45, 7) is 0. The average Bonchev–Trinajstić information content (AvgIpc) is 3.30. The van der Waals surface area contributed by atoms with Crippen molar-refractivity contribution in [2.75, 3.05) is 4.90 Å². The summed E-state index contributed by atoms with van der Waals surface area (Å²) < 4.78 is 0. The van der Waals surface area contributed by atoms with Gasteiger partial charge in [-0.2, -0.15) is 0 Å². The molecule has 0 aliphatic carbocycles. The van der Waals surface area contributed by atoms with Gasteiger partial charge in [0.05, 0.1) is 0 Å². The van der Waals surface area contributed by atoms with Gasteiger partial charge in [-0.25, -0.2) is 0 Å². The molecule has 0 atom stereocenters. The van der Waals surface area contributed by atoms with E-state index in [1.54, 1.807) is 0 Å². The maximum absolute atomic E-state index is 2.42. The Kier molecular flexibility index (Phi) is 7.61. The van der Waals surface area contributed by atoms with E-state index in [2.05, 4.69) is 229 Å². The van der Waals surface area contributed by atoms with Gasteiger partial charge in [-0.3, -0.25) is 0 Å². The summed E-state index contributed by atoms with van der Waals surface area (Å²) in [6, 6.07) is 82.8. The van der Waals surface area contributed by atoms with Crippen LogP contribution >= 0.6 is 0 Å². The molecule has 0 saturated carbocycles. The predicted molar refractivity (Wildman–Crippen MR) is 255 cm³/mol. The molecule has 0 aromatic heterocycles. The largest absolute Gasteiger partial charge is 0.310 e. The zero-order valence-corrected chi connectivity index (χ0v) is 32.3. The molecular formula is C58H37N. The van der Waals surface area contributed by atoms with Crippen LogP contribution in [0.5, 0.6) is 0 Å². The summed E-state index contributed by atoms with van der Waals surface area (Å²) in [5.41, 5.74) is 8.34. The fraction of sp³-hybridized carbons (Fsp3) is 0. The quantitative estimate of drug-likeness (QED) is 0.159. The van der Waals surface area contributed by atoms with Gasteiger partial charge in [0.1, 0.15) is 0 Å². The molecule has 12 rings (SSSR count). The third-order valence-electron chi connectivity index (χ3n) is 12.3. The zero-order chi connectivity index (χ0) is 38.9. The van der Waals surface area contributed by atoms with Crippen LogP contribution in [0.4, 0.5) is 17.1 Å². The Hall–Kier alpha value is -7.74. The maximum Gasteiger partial charge on any atom is 0.0468 e. The standard InChI is InChI=1S/C58H37N/c1-4-14-41-31-46(23-21-38(41)11-1)56-36-48-37-57(53-18-8-10-20-55(53)58(48)54-19-9-7-17-52(54)56)47-24-22-45-35-51(30-27-44(45)32-47)59(49-28-25-39-12-2-5-15-42(39)33-49)50-29-26-40-13-3-6-16-43(40)34-50/h1-37H. The third kappa shape index (κ3) is 5.62. The van der Waals surface area contributed by atoms with Crippen LogP contribution in [-0.4, -0.2) is 0 Å². The lowest BCUT2D eigenvalue weighted by atomic mass is 9.87. The van der Waals surface area contributed by atoms with Crippen LogP contribution in [0.3, 0.4) is 0 Å². The molecule has 0 N–H and O–H groups in total. The van der Waals surface area contributed by atoms with E-state index in [9.17, 15) is 0 Å². The fourth-order valence-electron chi connectivity index (χ4n) is 9.43. The van der Waals surface area contributed by atoms with Crippen LogP contribution in [0.25, 0.3) is 97.7 Å². The summed E-state index contributed by atoms with van der Waals surface area (Å²) >= 11 is 0. The first-order valence-corrected chi connectivity index (χ1v) is 20.4. The normalized spacial score (nSPS) is 11.7. The molecule has 59 heavy (non-hydrogen) atoms. The van der Waals surface area contributed by atoms with Crippen LogP contribution in [0.1, 0.15) is 0 Å². The second-order valence-corrected chi connectivity index (χ2v) is 15.7. The predicted octanol–water partition coefficient (Wildman–Crippen LogP) is 16.6. The molecule has 0 saturated heterocycles. The van der Waals surface area contributed by atoms with Gasteiger partial charge in [0, 0.05) is 17.1 Å². The molecule has 0 radical (unpaired) electrons. The van der Waals surface area contributed by atoms with Crippen molar-refractivity contribution in [2.24, 2.45) is 0 Å². The minimum atomic E-state index is 1.13. The molecule has 0 unspecified atom stereocenters. The molecule has 0 aliphatic heterocycles. The number of rotatable bonds is 5. The van der Waals surface area contributed by atoms with E-state index in [1.807, 2.05) is 0 Å². The summed E-state index contributed by atoms with van der Waals surface area (Å²) in [6.07, 6.45) is 0. The second kappa shape index (κ2) is 13.4. The number of benzene rings is 12. The van der Waals surface area contributed by atoms with Crippen molar-refractivity contribution < 1.29 is 0 Å². The van der Waals surface area contributed by atoms with Crippen molar-refractivity contribution in [2.45, 2.75) is 0 Å². The minimum absolute atomic E-state index is 1.13. The van der Waals surface area contributed by atoms with Crippen LogP contribution in [0.15, 0.2) is 224 Å². The van der Waals surface area contributed by atoms with E-state index in [0.717, 1.165) is 17.1 Å². The molecule has 0 bridgehead atoms. The Morgan fingerprint density at radius 2 is 0.542 bits per heavy atom. The Balaban J connectivity index is 1.02. The van der Waals surface area contributed by atoms with Crippen LogP contribution in [0.2, 0.25) is 0 Å². The summed E-state index contributed by atoms with van der Waals surface area (Å²) in [5.74, 6) is 0. The van der Waals surface area contributed by atoms with E-state index in [4.69, 9.17) is 0 Å². The van der Waals surface area contributed by atoms with Crippen molar-refractivity contribution in [1.29, 1.82) is 0 Å². The number of nitrogens with zero attached hydrogens (tertiary/aromatic N) is 1. The van der Waals surface area contributed by atoms with E-state index in [0.29, 0.717) is 0 Å². The van der Waals surface area contributed by atoms with Crippen molar-refractivity contribution >= 4 is 92.5 Å². The molecule has 12 aromatic carbocycles. The highest BCUT2D eigenvalue weighted by atomic mass is 15.1. The molecule has 0 aliphatic rings. The van der Waals surface area contributed by atoms with Gasteiger partial charge >= 0.3 is 0 Å². The van der Waals surface area contributed by atoms with Crippen LogP contribution < -0.4 is 4.90 Å². The van der Waals surface area contributed by atoms with Gasteiger partial charge in [0.2, 0.25) is 0 Å². The minimum Gasteiger partial charge on any atom is -0.310 e. The van der Waals surface area contributed by atoms with E-state index in [-0.39, 0.29) is 0 Å². The Bertz CT molecular complexity index is 3550. The number of fused-ring (bicyclic) bond motifs is 9. The highest BCUT2D eigenvalue weighted by Crippen LogP contribution is 2.44. The molecule has 1 nitrogen and oxygen atoms in total. The first kappa shape index (κ1) is 33.4. The number of hydrogen-bond acceptors (Lipinski definition) is 1. The third-order valence-corrected chi connectivity index (χ3v) is 12.3. The Labute approximate surface area is 342 Å². The van der Waals surface area contributed by atoms with E-state index >= 15 is 0 Å². The monoisotopic (exact) mass is 747 g/mol. The lowest BCUT2D eigenvalue weighted by Crippen LogP contribution is -2.10. The van der Waals surface area contributed by atoms with Crippen LogP contribution in [-0.2, 0) is 0 Å². The Morgan fingerprint density at radius 3 is 1.02 bits per heavy atom. The van der Waals surface area contributed by atoms with Crippen molar-refractivity contribution in [3.05, 3.63) is 224 Å². The second-order valence-electron chi connectivity index (χ2n) is 15.7. The van der Waals surface area contributed by atoms with Gasteiger partial charge in [-0.05, 0) is 158 Å². The molecule has 0 fully saturated rings. The van der Waals surface area contributed by atoms with Gasteiger partial charge in [-0.1, -0.05) is 164 Å². The van der Waals surface area contributed by atoms with E-state index < -0.39 is 0 Å². The summed E-state index contributed by atoms with van der Waals surface area (Å²) in [7, 11) is 0. The summed E-state index contributed by atoms with van der Waals surface area (Å²) in [5, 5.41) is 17.5. The lowest BCUT2D eigenvalue weighted by Gasteiger charge is -2.26. The maximum atomic E-state index is 2.42. The van der Waals surface area contributed by atoms with Gasteiger partial charge < -0.3 is 4.90 Å². The van der Waals surface area contributed by atoms with Crippen molar-refractivity contribution in [3.8, 4) is 22.3 Å². The number of anilines is 3. The zero-order valence-electron chi connectivity index (χ0n) is 32.3. The SMILES string of the molecule is c1ccc2cc(-c3cc4cc(-c5ccc6cc(N(c7ccc8ccccc8c7)c7ccc8ccccc8c7)ccc6c5)c5ccccc5c4c4ccccc34)ccc2c1. The average molecular weight is 748 g/mol. The first-order valence-electron chi connectivity index (χ1n) is 20.4. The Morgan fingerprint density at radius 1 is 0.220 bits per heavy atom. The van der Waals surface area contributed by atoms with E-state index in [1.165, 1.54) is 97.7 Å². The molecule has 274 valence electrons. The van der Waals surface area contributed by atoms with Crippen molar-refractivity contribution in [1.82, 2.24) is 0 Å². The molecule has 0 heterocycles. The molecular weight excluding hydrogens is 711 g/mol. The fourth-order valence-corrected chi connectivity index (χ4v) is 9.43. The molecule has 1 heteroatoms. The highest BCUT2D eigenvalue weighted by molar-refractivity contribution is 6.26. The summed E-state index contributed by atoms with van der Waals surface area (Å²) in [4.78, 5) is 2.39. The highest BCUT2D eigenvalue weighted by Gasteiger charge is 2.17. The lowest BCUT2D eigenvalue weighted by molar-refractivity contribution is 1.30. The van der Waals surface area contributed by atoms with Gasteiger partial charge in [-0.15, -0.1) is 0 Å². The van der Waals surface area contributed by atoms with Gasteiger partial charge in [0.15, 0.2) is 0 Å². The smallest absolute Gasteiger partial charge is 0.0468 e. The van der Waals surface area contributed by atoms with Crippen LogP contribution in [0, 0.1) is 0 Å². The molecule has 0 amide bonds. The number of hydrogen-bond donors (Lipinski definition) is 0. The van der Waals surface area contributed by atoms with Gasteiger partial charge in [0.25, 0.3) is 0 Å². The molecule has 12 aromatic rings. The topological polar surface area (TPSA) is 3.24 Å².